The average molecular weight is 475 g/mol. The van der Waals surface area contributed by atoms with Crippen LogP contribution in [0.15, 0.2) is 78.9 Å². The molecule has 3 aromatic carbocycles. The smallest absolute Gasteiger partial charge is 0.407 e. The molecule has 1 aliphatic carbocycles. The topological polar surface area (TPSA) is 125 Å². The molecule has 0 heterocycles. The Kier molecular flexibility index (Phi) is 7.42. The molecule has 0 radical (unpaired) electrons. The molecule has 3 aromatic rings. The molecule has 0 aromatic heterocycles. The number of carbonyl (C=O) groups is 3. The van der Waals surface area contributed by atoms with Crippen molar-refractivity contribution in [1.29, 1.82) is 0 Å². The number of fused-ring (bicyclic) bond motifs is 3. The minimum atomic E-state index is -1.22. The van der Waals surface area contributed by atoms with Crippen LogP contribution in [0.4, 0.5) is 4.79 Å². The molecule has 8 heteroatoms. The Balaban J connectivity index is 1.34. The van der Waals surface area contributed by atoms with Crippen LogP contribution in [0.2, 0.25) is 0 Å². The van der Waals surface area contributed by atoms with Crippen molar-refractivity contribution < 1.29 is 29.3 Å². The van der Waals surface area contributed by atoms with E-state index in [1.165, 1.54) is 0 Å². The maximum absolute atomic E-state index is 12.6. The molecule has 0 fully saturated rings. The van der Waals surface area contributed by atoms with Gasteiger partial charge in [-0.15, -0.1) is 0 Å². The molecule has 1 aliphatic rings. The molecule has 4 rings (SSSR count). The number of carboxylic acids is 1. The standard InChI is InChI=1S/C27H26N2O6/c30-18(15-28-27(34)35-16-17-8-2-1-3-9-17)14-23(31)29-25(26(32)33)24-21-12-6-4-10-19(21)20-11-5-7-13-22(20)24/h1-13,18,24-25,30H,14-16H2,(H,28,34)(H,29,31)(H,32,33)/t18-,25-/m1/s1. The molecule has 180 valence electrons. The number of aliphatic hydroxyl groups is 1. The highest BCUT2D eigenvalue weighted by Crippen LogP contribution is 2.46. The third kappa shape index (κ3) is 5.67. The zero-order valence-corrected chi connectivity index (χ0v) is 18.9. The first-order valence-corrected chi connectivity index (χ1v) is 11.3. The van der Waals surface area contributed by atoms with Crippen LogP contribution in [0.25, 0.3) is 11.1 Å². The Hall–Kier alpha value is -4.17. The van der Waals surface area contributed by atoms with Crippen LogP contribution in [-0.4, -0.2) is 46.9 Å². The van der Waals surface area contributed by atoms with Crippen LogP contribution < -0.4 is 10.6 Å². The summed E-state index contributed by atoms with van der Waals surface area (Å²) >= 11 is 0. The van der Waals surface area contributed by atoms with Gasteiger partial charge in [0.1, 0.15) is 12.6 Å². The Bertz CT molecular complexity index is 1170. The van der Waals surface area contributed by atoms with Crippen LogP contribution in [0.1, 0.15) is 29.0 Å². The number of aliphatic hydroxyl groups excluding tert-OH is 1. The van der Waals surface area contributed by atoms with Crippen LogP contribution >= 0.6 is 0 Å². The third-order valence-corrected chi connectivity index (χ3v) is 5.91. The number of carbonyl (C=O) groups excluding carboxylic acids is 2. The van der Waals surface area contributed by atoms with E-state index < -0.39 is 36.0 Å². The second kappa shape index (κ2) is 10.8. The molecule has 0 unspecified atom stereocenters. The summed E-state index contributed by atoms with van der Waals surface area (Å²) in [5.74, 6) is -2.37. The van der Waals surface area contributed by atoms with Crippen molar-refractivity contribution in [1.82, 2.24) is 10.6 Å². The summed E-state index contributed by atoms with van der Waals surface area (Å²) in [7, 11) is 0. The predicted octanol–water partition coefficient (Wildman–Crippen LogP) is 3.05. The first-order chi connectivity index (χ1) is 16.9. The molecule has 2 atom stereocenters. The summed E-state index contributed by atoms with van der Waals surface area (Å²) in [6.45, 7) is -0.137. The van der Waals surface area contributed by atoms with E-state index in [1.54, 1.807) is 0 Å². The monoisotopic (exact) mass is 474 g/mol. The third-order valence-electron chi connectivity index (χ3n) is 5.91. The lowest BCUT2D eigenvalue weighted by molar-refractivity contribution is -0.142. The van der Waals surface area contributed by atoms with Crippen LogP contribution in [0.3, 0.4) is 0 Å². The van der Waals surface area contributed by atoms with Gasteiger partial charge in [0.2, 0.25) is 5.91 Å². The molecule has 0 saturated carbocycles. The maximum atomic E-state index is 12.6. The first kappa shape index (κ1) is 24.0. The van der Waals surface area contributed by atoms with E-state index in [9.17, 15) is 24.6 Å². The van der Waals surface area contributed by atoms with Gasteiger partial charge in [-0.3, -0.25) is 4.79 Å². The molecule has 0 spiro atoms. The van der Waals surface area contributed by atoms with Crippen molar-refractivity contribution in [2.75, 3.05) is 6.54 Å². The van der Waals surface area contributed by atoms with E-state index in [2.05, 4.69) is 10.6 Å². The number of aliphatic carboxylic acids is 1. The van der Waals surface area contributed by atoms with Gasteiger partial charge in [-0.2, -0.15) is 0 Å². The summed E-state index contributed by atoms with van der Waals surface area (Å²) in [5, 5.41) is 25.1. The fourth-order valence-corrected chi connectivity index (χ4v) is 4.34. The molecule has 0 saturated heterocycles. The SMILES string of the molecule is O=C(C[C@@H](O)CNC(=O)OCc1ccccc1)N[C@@H](C(=O)O)C1c2ccccc2-c2ccccc21. The van der Waals surface area contributed by atoms with Gasteiger partial charge < -0.3 is 25.6 Å². The van der Waals surface area contributed by atoms with Crippen molar-refractivity contribution in [2.24, 2.45) is 0 Å². The summed E-state index contributed by atoms with van der Waals surface area (Å²) in [6.07, 6.45) is -2.31. The molecule has 35 heavy (non-hydrogen) atoms. The number of nitrogens with one attached hydrogen (secondary N) is 2. The van der Waals surface area contributed by atoms with Gasteiger partial charge >= 0.3 is 12.1 Å². The second-order valence-corrected chi connectivity index (χ2v) is 8.34. The first-order valence-electron chi connectivity index (χ1n) is 11.3. The second-order valence-electron chi connectivity index (χ2n) is 8.34. The van der Waals surface area contributed by atoms with Crippen molar-refractivity contribution >= 4 is 18.0 Å². The van der Waals surface area contributed by atoms with Crippen molar-refractivity contribution in [2.45, 2.75) is 31.1 Å². The number of amides is 2. The molecule has 0 aliphatic heterocycles. The number of hydrogen-bond donors (Lipinski definition) is 4. The van der Waals surface area contributed by atoms with Gasteiger partial charge in [0.15, 0.2) is 0 Å². The quantitative estimate of drug-likeness (QED) is 0.378. The fraction of sp³-hybridized carbons (Fsp3) is 0.222. The van der Waals surface area contributed by atoms with Crippen molar-refractivity contribution in [3.05, 3.63) is 95.6 Å². The Morgan fingerprint density at radius 3 is 2.03 bits per heavy atom. The Labute approximate surface area is 202 Å². The highest BCUT2D eigenvalue weighted by atomic mass is 16.5. The lowest BCUT2D eigenvalue weighted by atomic mass is 9.89. The number of rotatable bonds is 9. The molecule has 0 bridgehead atoms. The minimum absolute atomic E-state index is 0.0773. The van der Waals surface area contributed by atoms with E-state index in [0.29, 0.717) is 0 Å². The van der Waals surface area contributed by atoms with Crippen LogP contribution in [0, 0.1) is 0 Å². The highest BCUT2D eigenvalue weighted by Gasteiger charge is 2.38. The summed E-state index contributed by atoms with van der Waals surface area (Å²) in [5.41, 5.74) is 4.34. The van der Waals surface area contributed by atoms with Gasteiger partial charge in [0.25, 0.3) is 0 Å². The molecule has 8 nitrogen and oxygen atoms in total. The lowest BCUT2D eigenvalue weighted by Crippen LogP contribution is -2.46. The van der Waals surface area contributed by atoms with E-state index >= 15 is 0 Å². The van der Waals surface area contributed by atoms with Gasteiger partial charge in [0, 0.05) is 12.5 Å². The molecular weight excluding hydrogens is 448 g/mol. The maximum Gasteiger partial charge on any atom is 0.407 e. The largest absolute Gasteiger partial charge is 0.480 e. The van der Waals surface area contributed by atoms with Crippen molar-refractivity contribution in [3.8, 4) is 11.1 Å². The van der Waals surface area contributed by atoms with Gasteiger partial charge in [-0.05, 0) is 27.8 Å². The van der Waals surface area contributed by atoms with E-state index in [0.717, 1.165) is 27.8 Å². The summed E-state index contributed by atoms with van der Waals surface area (Å²) in [4.78, 5) is 36.7. The van der Waals surface area contributed by atoms with Crippen molar-refractivity contribution in [3.63, 3.8) is 0 Å². The van der Waals surface area contributed by atoms with E-state index in [4.69, 9.17) is 4.74 Å². The van der Waals surface area contributed by atoms with E-state index in [1.807, 2.05) is 78.9 Å². The Morgan fingerprint density at radius 2 is 1.43 bits per heavy atom. The van der Waals surface area contributed by atoms with Gasteiger partial charge in [0.05, 0.1) is 12.5 Å². The highest BCUT2D eigenvalue weighted by molar-refractivity contribution is 5.88. The summed E-state index contributed by atoms with van der Waals surface area (Å²) in [6, 6.07) is 23.0. The number of alkyl carbamates (subject to hydrolysis) is 1. The Morgan fingerprint density at radius 1 is 0.857 bits per heavy atom. The number of ether oxygens (including phenoxy) is 1. The van der Waals surface area contributed by atoms with E-state index in [-0.39, 0.29) is 19.6 Å². The molecule has 2 amide bonds. The normalized spacial score (nSPS) is 13.7. The van der Waals surface area contributed by atoms with Gasteiger partial charge in [-0.25, -0.2) is 9.59 Å². The average Bonchev–Trinajstić information content (AvgIpc) is 3.19. The fourth-order valence-electron chi connectivity index (χ4n) is 4.34. The number of hydrogen-bond acceptors (Lipinski definition) is 5. The molecule has 4 N–H and O–H groups in total. The summed E-state index contributed by atoms with van der Waals surface area (Å²) < 4.78 is 5.07. The predicted molar refractivity (Wildman–Crippen MR) is 129 cm³/mol. The zero-order chi connectivity index (χ0) is 24.8. The molecular formula is C27H26N2O6. The minimum Gasteiger partial charge on any atom is -0.480 e. The number of carboxylic acid groups (broad SMARTS) is 1. The van der Waals surface area contributed by atoms with Crippen LogP contribution in [-0.2, 0) is 20.9 Å². The van der Waals surface area contributed by atoms with Crippen LogP contribution in [0.5, 0.6) is 0 Å². The lowest BCUT2D eigenvalue weighted by Gasteiger charge is -2.24. The number of benzene rings is 3. The zero-order valence-electron chi connectivity index (χ0n) is 18.9. The van der Waals surface area contributed by atoms with Gasteiger partial charge in [-0.1, -0.05) is 78.9 Å².